The van der Waals surface area contributed by atoms with E-state index in [1.807, 2.05) is 0 Å². The van der Waals surface area contributed by atoms with E-state index in [4.69, 9.17) is 0 Å². The van der Waals surface area contributed by atoms with Crippen LogP contribution in [0.2, 0.25) is 0 Å². The van der Waals surface area contributed by atoms with E-state index < -0.39 is 10.0 Å². The predicted molar refractivity (Wildman–Crippen MR) is 78.7 cm³/mol. The fraction of sp³-hybridized carbons (Fsp3) is 0.0909. The van der Waals surface area contributed by atoms with Gasteiger partial charge in [-0.25, -0.2) is 13.4 Å². The lowest BCUT2D eigenvalue weighted by molar-refractivity contribution is -0.113. The molecule has 1 amide bonds. The monoisotopic (exact) mass is 327 g/mol. The molecule has 0 aliphatic carbocycles. The van der Waals surface area contributed by atoms with Crippen LogP contribution in [0.4, 0.5) is 10.8 Å². The van der Waals surface area contributed by atoms with Crippen molar-refractivity contribution in [3.8, 4) is 0 Å². The van der Waals surface area contributed by atoms with Gasteiger partial charge in [0.1, 0.15) is 0 Å². The normalized spacial score (nSPS) is 14.5. The Morgan fingerprint density at radius 2 is 2.20 bits per heavy atom. The van der Waals surface area contributed by atoms with Crippen LogP contribution in [0.5, 0.6) is 0 Å². The van der Waals surface area contributed by atoms with E-state index in [-0.39, 0.29) is 10.8 Å². The number of amides is 1. The smallest absolute Gasteiger partial charge is 0.263 e. The first-order chi connectivity index (χ1) is 9.54. The molecule has 3 rings (SSSR count). The van der Waals surface area contributed by atoms with Crippen LogP contribution in [0.15, 0.2) is 39.6 Å². The Balaban J connectivity index is 1.94. The Bertz CT molecular complexity index is 756. The number of nitrogens with zero attached hydrogens (tertiary/aromatic N) is 1. The zero-order chi connectivity index (χ0) is 14.2. The van der Waals surface area contributed by atoms with Crippen molar-refractivity contribution < 1.29 is 13.2 Å². The lowest BCUT2D eigenvalue weighted by atomic mass is 10.3. The van der Waals surface area contributed by atoms with Gasteiger partial charge in [0.05, 0.1) is 16.3 Å². The predicted octanol–water partition coefficient (Wildman–Crippen LogP) is 1.99. The van der Waals surface area contributed by atoms with Crippen molar-refractivity contribution in [1.82, 2.24) is 4.98 Å². The van der Waals surface area contributed by atoms with Gasteiger partial charge in [0, 0.05) is 16.5 Å². The fourth-order valence-corrected chi connectivity index (χ4v) is 4.28. The second-order valence-corrected chi connectivity index (χ2v) is 7.53. The molecule has 0 bridgehead atoms. The topological polar surface area (TPSA) is 88.2 Å². The summed E-state index contributed by atoms with van der Waals surface area (Å²) in [5.74, 6) is 0.209. The number of hydrogen-bond acceptors (Lipinski definition) is 6. The highest BCUT2D eigenvalue weighted by Gasteiger charge is 2.21. The number of sulfonamides is 1. The highest BCUT2D eigenvalue weighted by molar-refractivity contribution is 8.00. The number of rotatable bonds is 3. The molecule has 1 aromatic heterocycles. The van der Waals surface area contributed by atoms with E-state index in [0.29, 0.717) is 16.6 Å². The third-order valence-electron chi connectivity index (χ3n) is 2.55. The standard InChI is InChI=1S/C11H9N3O3S3/c15-10-6-19-9-2-1-7(5-8(9)13-10)20(16,17)14-11-12-3-4-18-11/h1-5H,6H2,(H,12,14)(H,13,15). The van der Waals surface area contributed by atoms with Crippen molar-refractivity contribution in [2.24, 2.45) is 0 Å². The number of carbonyl (C=O) groups excluding carboxylic acids is 1. The lowest BCUT2D eigenvalue weighted by Gasteiger charge is -2.17. The average Bonchev–Trinajstić information content (AvgIpc) is 2.90. The molecule has 1 aliphatic rings. The zero-order valence-electron chi connectivity index (χ0n) is 9.99. The number of thiazole rings is 1. The maximum atomic E-state index is 12.2. The van der Waals surface area contributed by atoms with Gasteiger partial charge < -0.3 is 5.32 Å². The number of carbonyl (C=O) groups is 1. The minimum Gasteiger partial charge on any atom is -0.324 e. The molecule has 20 heavy (non-hydrogen) atoms. The minimum absolute atomic E-state index is 0.0919. The molecule has 1 aromatic carbocycles. The Morgan fingerprint density at radius 1 is 1.35 bits per heavy atom. The summed E-state index contributed by atoms with van der Waals surface area (Å²) >= 11 is 2.58. The van der Waals surface area contributed by atoms with Gasteiger partial charge in [-0.1, -0.05) is 0 Å². The number of hydrogen-bond donors (Lipinski definition) is 2. The molecule has 0 unspecified atom stereocenters. The van der Waals surface area contributed by atoms with E-state index in [9.17, 15) is 13.2 Å². The molecule has 2 heterocycles. The summed E-state index contributed by atoms with van der Waals surface area (Å²) < 4.78 is 26.8. The van der Waals surface area contributed by atoms with Gasteiger partial charge >= 0.3 is 0 Å². The number of nitrogens with one attached hydrogen (secondary N) is 2. The maximum Gasteiger partial charge on any atom is 0.263 e. The zero-order valence-corrected chi connectivity index (χ0v) is 12.4. The molecule has 0 atom stereocenters. The van der Waals surface area contributed by atoms with Crippen molar-refractivity contribution in [2.45, 2.75) is 9.79 Å². The first kappa shape index (κ1) is 13.4. The molecule has 0 saturated carbocycles. The summed E-state index contributed by atoms with van der Waals surface area (Å²) in [5, 5.41) is 4.65. The van der Waals surface area contributed by atoms with E-state index in [2.05, 4.69) is 15.0 Å². The summed E-state index contributed by atoms with van der Waals surface area (Å²) in [6.45, 7) is 0. The van der Waals surface area contributed by atoms with Crippen LogP contribution in [0.3, 0.4) is 0 Å². The maximum absolute atomic E-state index is 12.2. The summed E-state index contributed by atoms with van der Waals surface area (Å²) in [6, 6.07) is 4.66. The third kappa shape index (κ3) is 2.65. The summed E-state index contributed by atoms with van der Waals surface area (Å²) in [5.41, 5.74) is 0.522. The molecule has 0 radical (unpaired) electrons. The summed E-state index contributed by atoms with van der Waals surface area (Å²) in [7, 11) is -3.70. The lowest BCUT2D eigenvalue weighted by Crippen LogP contribution is -2.19. The van der Waals surface area contributed by atoms with E-state index in [0.717, 1.165) is 4.90 Å². The van der Waals surface area contributed by atoms with Gasteiger partial charge in [-0.05, 0) is 18.2 Å². The molecule has 0 fully saturated rings. The fourth-order valence-electron chi connectivity index (χ4n) is 1.68. The van der Waals surface area contributed by atoms with Crippen LogP contribution in [0.25, 0.3) is 0 Å². The molecule has 1 aliphatic heterocycles. The Labute approximate surface area is 123 Å². The summed E-state index contributed by atoms with van der Waals surface area (Å²) in [6.07, 6.45) is 1.52. The van der Waals surface area contributed by atoms with Gasteiger partial charge in [0.15, 0.2) is 5.13 Å². The van der Waals surface area contributed by atoms with Gasteiger partial charge in [0.2, 0.25) is 5.91 Å². The molecule has 9 heteroatoms. The van der Waals surface area contributed by atoms with Crippen LogP contribution < -0.4 is 10.0 Å². The van der Waals surface area contributed by atoms with Crippen LogP contribution in [-0.2, 0) is 14.8 Å². The molecule has 6 nitrogen and oxygen atoms in total. The van der Waals surface area contributed by atoms with Crippen molar-refractivity contribution >= 4 is 49.8 Å². The number of fused-ring (bicyclic) bond motifs is 1. The van der Waals surface area contributed by atoms with E-state index >= 15 is 0 Å². The first-order valence-corrected chi connectivity index (χ1v) is 8.88. The molecular formula is C11H9N3O3S3. The van der Waals surface area contributed by atoms with Crippen molar-refractivity contribution in [3.05, 3.63) is 29.8 Å². The number of anilines is 2. The van der Waals surface area contributed by atoms with Gasteiger partial charge in [-0.2, -0.15) is 0 Å². The van der Waals surface area contributed by atoms with Gasteiger partial charge in [-0.15, -0.1) is 23.1 Å². The molecule has 2 N–H and O–H groups in total. The third-order valence-corrected chi connectivity index (χ3v) is 5.78. The molecule has 2 aromatic rings. The van der Waals surface area contributed by atoms with E-state index in [1.165, 1.54) is 41.4 Å². The minimum atomic E-state index is -3.70. The van der Waals surface area contributed by atoms with Crippen molar-refractivity contribution in [3.63, 3.8) is 0 Å². The number of thioether (sulfide) groups is 1. The van der Waals surface area contributed by atoms with Gasteiger partial charge in [-0.3, -0.25) is 9.52 Å². The van der Waals surface area contributed by atoms with Crippen LogP contribution in [0, 0.1) is 0 Å². The Hall–Kier alpha value is -1.58. The first-order valence-electron chi connectivity index (χ1n) is 5.54. The van der Waals surface area contributed by atoms with Gasteiger partial charge in [0.25, 0.3) is 10.0 Å². The van der Waals surface area contributed by atoms with Crippen LogP contribution >= 0.6 is 23.1 Å². The second kappa shape index (κ2) is 5.08. The summed E-state index contributed by atoms with van der Waals surface area (Å²) in [4.78, 5) is 16.2. The largest absolute Gasteiger partial charge is 0.324 e. The van der Waals surface area contributed by atoms with Crippen LogP contribution in [0.1, 0.15) is 0 Å². The number of aromatic nitrogens is 1. The molecule has 0 saturated heterocycles. The average molecular weight is 327 g/mol. The molecular weight excluding hydrogens is 318 g/mol. The highest BCUT2D eigenvalue weighted by atomic mass is 32.2. The molecule has 104 valence electrons. The molecule has 0 spiro atoms. The Kier molecular flexibility index (Phi) is 3.40. The van der Waals surface area contributed by atoms with Crippen molar-refractivity contribution in [2.75, 3.05) is 15.8 Å². The second-order valence-electron chi connectivity index (χ2n) is 3.94. The number of benzene rings is 1. The van der Waals surface area contributed by atoms with Crippen molar-refractivity contribution in [1.29, 1.82) is 0 Å². The Morgan fingerprint density at radius 3 is 2.95 bits per heavy atom. The van der Waals surface area contributed by atoms with E-state index in [1.54, 1.807) is 11.4 Å². The highest BCUT2D eigenvalue weighted by Crippen LogP contribution is 2.33. The SMILES string of the molecule is O=C1CSc2ccc(S(=O)(=O)Nc3nccs3)cc2N1. The van der Waals surface area contributed by atoms with Crippen LogP contribution in [-0.4, -0.2) is 25.1 Å². The quantitative estimate of drug-likeness (QED) is 0.900.